The maximum Gasteiger partial charge on any atom is 0.123 e. The van der Waals surface area contributed by atoms with Crippen LogP contribution in [0, 0.1) is 5.92 Å². The van der Waals surface area contributed by atoms with E-state index >= 15 is 0 Å². The summed E-state index contributed by atoms with van der Waals surface area (Å²) in [6.45, 7) is 0. The molecule has 0 aliphatic heterocycles. The second-order valence-electron chi connectivity index (χ2n) is 3.38. The van der Waals surface area contributed by atoms with Crippen LogP contribution in [0.1, 0.15) is 24.4 Å². The van der Waals surface area contributed by atoms with Crippen molar-refractivity contribution < 1.29 is 0 Å². The molecule has 0 saturated heterocycles. The Morgan fingerprint density at radius 2 is 2.25 bits per heavy atom. The van der Waals surface area contributed by atoms with Crippen molar-refractivity contribution in [1.82, 2.24) is 4.98 Å². The zero-order valence-electron chi connectivity index (χ0n) is 6.90. The highest BCUT2D eigenvalue weighted by Gasteiger charge is 2.29. The fraction of sp³-hybridized carbons (Fsp3) is 0.444. The van der Waals surface area contributed by atoms with Crippen LogP contribution < -0.4 is 11.5 Å². The molecule has 1 fully saturated rings. The molecule has 4 N–H and O–H groups in total. The highest BCUT2D eigenvalue weighted by Crippen LogP contribution is 2.39. The SMILES string of the molecule is Nc1cc([C@H](N)C2CC2)ccn1. The molecule has 1 heterocycles. The van der Waals surface area contributed by atoms with Crippen molar-refractivity contribution in [2.75, 3.05) is 5.73 Å². The number of pyridine rings is 1. The maximum absolute atomic E-state index is 5.99. The molecule has 1 aliphatic rings. The highest BCUT2D eigenvalue weighted by atomic mass is 14.8. The van der Waals surface area contributed by atoms with Gasteiger partial charge in [-0.2, -0.15) is 0 Å². The average molecular weight is 163 g/mol. The lowest BCUT2D eigenvalue weighted by Gasteiger charge is -2.09. The van der Waals surface area contributed by atoms with Crippen LogP contribution in [0.15, 0.2) is 18.3 Å². The van der Waals surface area contributed by atoms with E-state index in [1.807, 2.05) is 12.1 Å². The molecule has 64 valence electrons. The van der Waals surface area contributed by atoms with Crippen molar-refractivity contribution in [2.45, 2.75) is 18.9 Å². The lowest BCUT2D eigenvalue weighted by atomic mass is 10.1. The first-order valence-electron chi connectivity index (χ1n) is 4.24. The second kappa shape index (κ2) is 2.75. The molecule has 0 aromatic carbocycles. The summed E-state index contributed by atoms with van der Waals surface area (Å²) in [6.07, 6.45) is 4.22. The summed E-state index contributed by atoms with van der Waals surface area (Å²) < 4.78 is 0. The Morgan fingerprint density at radius 3 is 2.83 bits per heavy atom. The van der Waals surface area contributed by atoms with Gasteiger partial charge in [-0.15, -0.1) is 0 Å². The van der Waals surface area contributed by atoms with Gasteiger partial charge in [0.15, 0.2) is 0 Å². The quantitative estimate of drug-likeness (QED) is 0.685. The molecule has 3 heteroatoms. The lowest BCUT2D eigenvalue weighted by Crippen LogP contribution is -2.12. The summed E-state index contributed by atoms with van der Waals surface area (Å²) in [5.41, 5.74) is 12.7. The smallest absolute Gasteiger partial charge is 0.123 e. The van der Waals surface area contributed by atoms with E-state index in [1.54, 1.807) is 6.20 Å². The van der Waals surface area contributed by atoms with Gasteiger partial charge < -0.3 is 11.5 Å². The largest absolute Gasteiger partial charge is 0.384 e. The van der Waals surface area contributed by atoms with Crippen LogP contribution >= 0.6 is 0 Å². The number of rotatable bonds is 2. The van der Waals surface area contributed by atoms with E-state index in [0.717, 1.165) is 5.56 Å². The van der Waals surface area contributed by atoms with E-state index in [4.69, 9.17) is 11.5 Å². The number of nitrogens with zero attached hydrogens (tertiary/aromatic N) is 1. The average Bonchev–Trinajstić information content (AvgIpc) is 2.85. The maximum atomic E-state index is 5.99. The van der Waals surface area contributed by atoms with Gasteiger partial charge in [-0.3, -0.25) is 0 Å². The molecule has 0 spiro atoms. The van der Waals surface area contributed by atoms with Crippen molar-refractivity contribution in [3.63, 3.8) is 0 Å². The van der Waals surface area contributed by atoms with Crippen LogP contribution in [0.25, 0.3) is 0 Å². The standard InChI is InChI=1S/C9H13N3/c10-8-5-7(3-4-12-8)9(11)6-1-2-6/h3-6,9H,1-2,11H2,(H2,10,12)/t9-/m1/s1. The Hall–Kier alpha value is -1.09. The molecular formula is C9H13N3. The Labute approximate surface area is 71.8 Å². The molecule has 0 bridgehead atoms. The number of aromatic nitrogens is 1. The van der Waals surface area contributed by atoms with E-state index in [2.05, 4.69) is 4.98 Å². The van der Waals surface area contributed by atoms with Gasteiger partial charge >= 0.3 is 0 Å². The number of nitrogen functional groups attached to an aromatic ring is 1. The minimum Gasteiger partial charge on any atom is -0.384 e. The summed E-state index contributed by atoms with van der Waals surface area (Å²) in [7, 11) is 0. The summed E-state index contributed by atoms with van der Waals surface area (Å²) in [6, 6.07) is 3.97. The summed E-state index contributed by atoms with van der Waals surface area (Å²) >= 11 is 0. The van der Waals surface area contributed by atoms with E-state index in [-0.39, 0.29) is 6.04 Å². The van der Waals surface area contributed by atoms with Gasteiger partial charge in [0.25, 0.3) is 0 Å². The molecule has 0 radical (unpaired) electrons. The Balaban J connectivity index is 2.20. The first-order chi connectivity index (χ1) is 5.77. The zero-order chi connectivity index (χ0) is 8.55. The molecule has 12 heavy (non-hydrogen) atoms. The van der Waals surface area contributed by atoms with E-state index in [1.165, 1.54) is 12.8 Å². The van der Waals surface area contributed by atoms with Gasteiger partial charge in [0.1, 0.15) is 5.82 Å². The van der Waals surface area contributed by atoms with Gasteiger partial charge in [-0.25, -0.2) is 4.98 Å². The molecule has 1 aliphatic carbocycles. The molecule has 0 unspecified atom stereocenters. The Kier molecular flexibility index (Phi) is 1.73. The van der Waals surface area contributed by atoms with E-state index in [9.17, 15) is 0 Å². The number of hydrogen-bond donors (Lipinski definition) is 2. The minimum absolute atomic E-state index is 0.162. The van der Waals surface area contributed by atoms with Crippen LogP contribution in [0.4, 0.5) is 5.82 Å². The predicted molar refractivity (Wildman–Crippen MR) is 48.3 cm³/mol. The van der Waals surface area contributed by atoms with Gasteiger partial charge in [0, 0.05) is 12.2 Å². The van der Waals surface area contributed by atoms with E-state index in [0.29, 0.717) is 11.7 Å². The van der Waals surface area contributed by atoms with Gasteiger partial charge in [-0.1, -0.05) is 0 Å². The molecule has 1 atom stereocenters. The third-order valence-corrected chi connectivity index (χ3v) is 2.32. The van der Waals surface area contributed by atoms with Crippen molar-refractivity contribution in [3.8, 4) is 0 Å². The fourth-order valence-electron chi connectivity index (χ4n) is 1.40. The van der Waals surface area contributed by atoms with Crippen LogP contribution in [-0.4, -0.2) is 4.98 Å². The lowest BCUT2D eigenvalue weighted by molar-refractivity contribution is 0.633. The van der Waals surface area contributed by atoms with Crippen molar-refractivity contribution in [1.29, 1.82) is 0 Å². The van der Waals surface area contributed by atoms with Gasteiger partial charge in [0.05, 0.1) is 0 Å². The van der Waals surface area contributed by atoms with E-state index < -0.39 is 0 Å². The monoisotopic (exact) mass is 163 g/mol. The number of hydrogen-bond acceptors (Lipinski definition) is 3. The summed E-state index contributed by atoms with van der Waals surface area (Å²) in [5.74, 6) is 1.23. The van der Waals surface area contributed by atoms with Crippen LogP contribution in [-0.2, 0) is 0 Å². The summed E-state index contributed by atoms with van der Waals surface area (Å²) in [4.78, 5) is 3.92. The second-order valence-corrected chi connectivity index (χ2v) is 3.38. The third kappa shape index (κ3) is 1.41. The fourth-order valence-corrected chi connectivity index (χ4v) is 1.40. The first-order valence-corrected chi connectivity index (χ1v) is 4.24. The van der Waals surface area contributed by atoms with Crippen LogP contribution in [0.2, 0.25) is 0 Å². The molecular weight excluding hydrogens is 150 g/mol. The minimum atomic E-state index is 0.162. The van der Waals surface area contributed by atoms with Crippen LogP contribution in [0.3, 0.4) is 0 Å². The molecule has 2 rings (SSSR count). The van der Waals surface area contributed by atoms with Crippen molar-refractivity contribution in [2.24, 2.45) is 11.7 Å². The topological polar surface area (TPSA) is 64.9 Å². The van der Waals surface area contributed by atoms with Crippen LogP contribution in [0.5, 0.6) is 0 Å². The summed E-state index contributed by atoms with van der Waals surface area (Å²) in [5, 5.41) is 0. The molecule has 0 amide bonds. The van der Waals surface area contributed by atoms with Gasteiger partial charge in [-0.05, 0) is 36.5 Å². The third-order valence-electron chi connectivity index (χ3n) is 2.32. The van der Waals surface area contributed by atoms with Gasteiger partial charge in [0.2, 0.25) is 0 Å². The molecule has 3 nitrogen and oxygen atoms in total. The highest BCUT2D eigenvalue weighted by molar-refractivity contribution is 5.34. The number of nitrogens with two attached hydrogens (primary N) is 2. The Morgan fingerprint density at radius 1 is 1.50 bits per heavy atom. The van der Waals surface area contributed by atoms with Crippen molar-refractivity contribution >= 4 is 5.82 Å². The normalized spacial score (nSPS) is 19.1. The predicted octanol–water partition coefficient (Wildman–Crippen LogP) is 1.07. The number of anilines is 1. The molecule has 1 aromatic heterocycles. The molecule has 1 aromatic rings. The molecule has 1 saturated carbocycles. The van der Waals surface area contributed by atoms with Crippen molar-refractivity contribution in [3.05, 3.63) is 23.9 Å². The zero-order valence-corrected chi connectivity index (χ0v) is 6.90. The Bertz CT molecular complexity index is 281. The first kappa shape index (κ1) is 7.55.